The highest BCUT2D eigenvalue weighted by atomic mass is 19.1. The van der Waals surface area contributed by atoms with Crippen LogP contribution in [0.4, 0.5) is 4.39 Å². The van der Waals surface area contributed by atoms with Crippen molar-refractivity contribution in [2.24, 2.45) is 0 Å². The van der Waals surface area contributed by atoms with Crippen LogP contribution in [0.3, 0.4) is 0 Å². The standard InChI is InChI=1S/C13H16FNO4/c1-9(13(17)15-6-7-18-2)19-12-10(8-16)4-3-5-11(12)14/h3-5,8-9H,6-7H2,1-2H3,(H,15,17). The molecule has 0 fully saturated rings. The predicted molar refractivity (Wildman–Crippen MR) is 66.8 cm³/mol. The number of para-hydroxylation sites is 1. The van der Waals surface area contributed by atoms with Crippen molar-refractivity contribution in [3.05, 3.63) is 29.6 Å². The number of benzene rings is 1. The van der Waals surface area contributed by atoms with Gasteiger partial charge in [0.15, 0.2) is 24.0 Å². The van der Waals surface area contributed by atoms with Crippen LogP contribution in [0, 0.1) is 5.82 Å². The normalized spacial score (nSPS) is 11.7. The maximum atomic E-state index is 13.5. The highest BCUT2D eigenvalue weighted by Gasteiger charge is 2.18. The Labute approximate surface area is 110 Å². The summed E-state index contributed by atoms with van der Waals surface area (Å²) in [6, 6.07) is 3.98. The van der Waals surface area contributed by atoms with Crippen molar-refractivity contribution < 1.29 is 23.5 Å². The first-order valence-corrected chi connectivity index (χ1v) is 5.77. The number of carbonyl (C=O) groups is 2. The number of hydrogen-bond donors (Lipinski definition) is 1. The maximum Gasteiger partial charge on any atom is 0.260 e. The Hall–Kier alpha value is -1.95. The molecule has 5 nitrogen and oxygen atoms in total. The molecule has 19 heavy (non-hydrogen) atoms. The highest BCUT2D eigenvalue weighted by Crippen LogP contribution is 2.22. The fraction of sp³-hybridized carbons (Fsp3) is 0.385. The number of amides is 1. The van der Waals surface area contributed by atoms with E-state index in [0.717, 1.165) is 6.07 Å². The highest BCUT2D eigenvalue weighted by molar-refractivity contribution is 5.82. The van der Waals surface area contributed by atoms with E-state index in [1.54, 1.807) is 0 Å². The lowest BCUT2D eigenvalue weighted by molar-refractivity contribution is -0.127. The summed E-state index contributed by atoms with van der Waals surface area (Å²) < 4.78 is 23.5. The molecule has 1 atom stereocenters. The monoisotopic (exact) mass is 269 g/mol. The molecule has 6 heteroatoms. The van der Waals surface area contributed by atoms with Gasteiger partial charge in [-0.05, 0) is 19.1 Å². The third-order valence-corrected chi connectivity index (χ3v) is 2.39. The molecule has 1 amide bonds. The van der Waals surface area contributed by atoms with Crippen molar-refractivity contribution in [3.8, 4) is 5.75 Å². The third-order valence-electron chi connectivity index (χ3n) is 2.39. The molecule has 1 aromatic carbocycles. The van der Waals surface area contributed by atoms with Gasteiger partial charge in [0.1, 0.15) is 0 Å². The van der Waals surface area contributed by atoms with Crippen LogP contribution in [-0.4, -0.2) is 38.6 Å². The minimum atomic E-state index is -0.910. The lowest BCUT2D eigenvalue weighted by Crippen LogP contribution is -2.38. The Morgan fingerprint density at radius 1 is 1.53 bits per heavy atom. The van der Waals surface area contributed by atoms with E-state index in [9.17, 15) is 14.0 Å². The molecular weight excluding hydrogens is 253 g/mol. The number of methoxy groups -OCH3 is 1. The second kappa shape index (κ2) is 7.48. The van der Waals surface area contributed by atoms with Gasteiger partial charge < -0.3 is 14.8 Å². The Bertz CT molecular complexity index is 450. The van der Waals surface area contributed by atoms with Gasteiger partial charge in [0.2, 0.25) is 0 Å². The zero-order valence-corrected chi connectivity index (χ0v) is 10.8. The zero-order chi connectivity index (χ0) is 14.3. The first kappa shape index (κ1) is 15.1. The Balaban J connectivity index is 2.68. The molecule has 0 aliphatic carbocycles. The molecule has 1 N–H and O–H groups in total. The van der Waals surface area contributed by atoms with Gasteiger partial charge in [0, 0.05) is 13.7 Å². The number of hydrogen-bond acceptors (Lipinski definition) is 4. The number of halogens is 1. The summed E-state index contributed by atoms with van der Waals surface area (Å²) >= 11 is 0. The molecule has 0 bridgehead atoms. The predicted octanol–water partition coefficient (Wildman–Crippen LogP) is 1.17. The maximum absolute atomic E-state index is 13.5. The third kappa shape index (κ3) is 4.33. The van der Waals surface area contributed by atoms with Gasteiger partial charge in [-0.1, -0.05) is 6.07 Å². The largest absolute Gasteiger partial charge is 0.477 e. The molecule has 0 aromatic heterocycles. The summed E-state index contributed by atoms with van der Waals surface area (Å²) in [4.78, 5) is 22.4. The minimum absolute atomic E-state index is 0.0662. The fourth-order valence-corrected chi connectivity index (χ4v) is 1.39. The summed E-state index contributed by atoms with van der Waals surface area (Å²) in [7, 11) is 1.52. The van der Waals surface area contributed by atoms with Crippen LogP contribution in [0.25, 0.3) is 0 Å². The molecule has 0 spiro atoms. The smallest absolute Gasteiger partial charge is 0.260 e. The van der Waals surface area contributed by atoms with Crippen molar-refractivity contribution in [1.82, 2.24) is 5.32 Å². The lowest BCUT2D eigenvalue weighted by Gasteiger charge is -2.16. The number of ether oxygens (including phenoxy) is 2. The number of rotatable bonds is 7. The lowest BCUT2D eigenvalue weighted by atomic mass is 10.2. The Kier molecular flexibility index (Phi) is 5.95. The molecule has 1 rings (SSSR count). The molecular formula is C13H16FNO4. The van der Waals surface area contributed by atoms with Gasteiger partial charge in [0.25, 0.3) is 5.91 Å². The van der Waals surface area contributed by atoms with Crippen molar-refractivity contribution in [2.75, 3.05) is 20.3 Å². The number of carbonyl (C=O) groups excluding carboxylic acids is 2. The molecule has 0 aliphatic rings. The van der Waals surface area contributed by atoms with E-state index in [4.69, 9.17) is 9.47 Å². The molecule has 104 valence electrons. The molecule has 0 aliphatic heterocycles. The van der Waals surface area contributed by atoms with Crippen LogP contribution in [0.15, 0.2) is 18.2 Å². The molecule has 1 aromatic rings. The van der Waals surface area contributed by atoms with E-state index >= 15 is 0 Å². The fourth-order valence-electron chi connectivity index (χ4n) is 1.39. The van der Waals surface area contributed by atoms with E-state index < -0.39 is 17.8 Å². The molecule has 0 saturated heterocycles. The molecule has 0 heterocycles. The van der Waals surface area contributed by atoms with Crippen LogP contribution in [0.5, 0.6) is 5.75 Å². The van der Waals surface area contributed by atoms with Gasteiger partial charge >= 0.3 is 0 Å². The quantitative estimate of drug-likeness (QED) is 0.596. The van der Waals surface area contributed by atoms with E-state index in [2.05, 4.69) is 5.32 Å². The average Bonchev–Trinajstić information content (AvgIpc) is 2.41. The van der Waals surface area contributed by atoms with Crippen LogP contribution in [0.1, 0.15) is 17.3 Å². The summed E-state index contributed by atoms with van der Waals surface area (Å²) in [6.45, 7) is 2.18. The van der Waals surface area contributed by atoms with Crippen LogP contribution in [0.2, 0.25) is 0 Å². The molecule has 0 radical (unpaired) electrons. The van der Waals surface area contributed by atoms with Gasteiger partial charge in [-0.15, -0.1) is 0 Å². The number of aldehydes is 1. The average molecular weight is 269 g/mol. The van der Waals surface area contributed by atoms with Crippen molar-refractivity contribution in [3.63, 3.8) is 0 Å². The Morgan fingerprint density at radius 3 is 2.89 bits per heavy atom. The first-order chi connectivity index (χ1) is 9.10. The SMILES string of the molecule is COCCNC(=O)C(C)Oc1c(F)cccc1C=O. The van der Waals surface area contributed by atoms with Gasteiger partial charge in [-0.25, -0.2) is 4.39 Å². The van der Waals surface area contributed by atoms with Crippen LogP contribution < -0.4 is 10.1 Å². The van der Waals surface area contributed by atoms with Gasteiger partial charge in [-0.2, -0.15) is 0 Å². The first-order valence-electron chi connectivity index (χ1n) is 5.77. The van der Waals surface area contributed by atoms with Gasteiger partial charge in [0.05, 0.1) is 12.2 Å². The molecule has 1 unspecified atom stereocenters. The van der Waals surface area contributed by atoms with Crippen LogP contribution in [-0.2, 0) is 9.53 Å². The van der Waals surface area contributed by atoms with Gasteiger partial charge in [-0.3, -0.25) is 9.59 Å². The van der Waals surface area contributed by atoms with E-state index in [1.165, 1.54) is 26.2 Å². The van der Waals surface area contributed by atoms with Crippen molar-refractivity contribution in [1.29, 1.82) is 0 Å². The summed E-state index contributed by atoms with van der Waals surface area (Å²) in [5, 5.41) is 2.56. The zero-order valence-electron chi connectivity index (χ0n) is 10.8. The Morgan fingerprint density at radius 2 is 2.26 bits per heavy atom. The topological polar surface area (TPSA) is 64.6 Å². The van der Waals surface area contributed by atoms with Crippen molar-refractivity contribution in [2.45, 2.75) is 13.0 Å². The van der Waals surface area contributed by atoms with E-state index in [0.29, 0.717) is 19.4 Å². The second-order valence-electron chi connectivity index (χ2n) is 3.82. The molecule has 0 saturated carbocycles. The van der Waals surface area contributed by atoms with Crippen molar-refractivity contribution >= 4 is 12.2 Å². The minimum Gasteiger partial charge on any atom is -0.477 e. The van der Waals surface area contributed by atoms with Crippen LogP contribution >= 0.6 is 0 Å². The number of nitrogens with one attached hydrogen (secondary N) is 1. The summed E-state index contributed by atoms with van der Waals surface area (Å²) in [5.74, 6) is -1.30. The van der Waals surface area contributed by atoms with E-state index in [-0.39, 0.29) is 11.3 Å². The summed E-state index contributed by atoms with van der Waals surface area (Å²) in [5.41, 5.74) is 0.0662. The van der Waals surface area contributed by atoms with E-state index in [1.807, 2.05) is 0 Å². The summed E-state index contributed by atoms with van der Waals surface area (Å²) in [6.07, 6.45) is -0.430. The second-order valence-corrected chi connectivity index (χ2v) is 3.82.